The van der Waals surface area contributed by atoms with Crippen LogP contribution in [-0.2, 0) is 45.5 Å². The molecule has 4 aromatic rings. The van der Waals surface area contributed by atoms with Crippen molar-refractivity contribution in [2.24, 2.45) is 23.7 Å². The highest BCUT2D eigenvalue weighted by molar-refractivity contribution is 5.99. The van der Waals surface area contributed by atoms with Crippen LogP contribution >= 0.6 is 0 Å². The van der Waals surface area contributed by atoms with Crippen molar-refractivity contribution in [2.45, 2.75) is 26.3 Å². The average molecular weight is 651 g/mol. The van der Waals surface area contributed by atoms with E-state index in [-0.39, 0.29) is 13.1 Å². The molecule has 0 aromatic heterocycles. The first kappa shape index (κ1) is 33.7. The van der Waals surface area contributed by atoms with Crippen LogP contribution in [-0.4, -0.2) is 57.9 Å². The summed E-state index contributed by atoms with van der Waals surface area (Å²) >= 11 is 0. The molecule has 1 aliphatic carbocycles. The number of aliphatic carboxylic acids is 2. The molecule has 0 bridgehead atoms. The fraction of sp³-hybridized carbons (Fsp3) is 0.263. The number of nitrogens with zero attached hydrogens (tertiary/aromatic N) is 2. The molecule has 248 valence electrons. The van der Waals surface area contributed by atoms with Crippen LogP contribution in [0.5, 0.6) is 11.5 Å². The van der Waals surface area contributed by atoms with Crippen molar-refractivity contribution in [3.8, 4) is 11.5 Å². The van der Waals surface area contributed by atoms with Crippen LogP contribution in [0, 0.1) is 23.7 Å². The summed E-state index contributed by atoms with van der Waals surface area (Å²) < 4.78 is 11.6. The number of carboxylic acids is 2. The second kappa shape index (κ2) is 15.3. The van der Waals surface area contributed by atoms with Crippen molar-refractivity contribution in [2.75, 3.05) is 14.1 Å². The lowest BCUT2D eigenvalue weighted by atomic mass is 9.55. The van der Waals surface area contributed by atoms with Crippen LogP contribution in [0.4, 0.5) is 0 Å². The van der Waals surface area contributed by atoms with Crippen molar-refractivity contribution < 1.29 is 38.9 Å². The molecular weight excluding hydrogens is 612 g/mol. The van der Waals surface area contributed by atoms with Gasteiger partial charge in [-0.1, -0.05) is 84.9 Å². The van der Waals surface area contributed by atoms with E-state index in [2.05, 4.69) is 0 Å². The maximum absolute atomic E-state index is 13.5. The van der Waals surface area contributed by atoms with Crippen LogP contribution in [0.25, 0.3) is 0 Å². The normalized spacial score (nSPS) is 18.2. The third-order valence-electron chi connectivity index (χ3n) is 8.62. The molecule has 4 aromatic carbocycles. The maximum Gasteiger partial charge on any atom is 0.308 e. The molecule has 0 spiro atoms. The summed E-state index contributed by atoms with van der Waals surface area (Å²) in [5, 5.41) is 20.2. The van der Waals surface area contributed by atoms with E-state index in [1.807, 2.05) is 60.7 Å². The first-order valence-corrected chi connectivity index (χ1v) is 15.6. The lowest BCUT2D eigenvalue weighted by molar-refractivity contribution is -0.186. The van der Waals surface area contributed by atoms with Crippen molar-refractivity contribution in [3.05, 3.63) is 131 Å². The minimum atomic E-state index is -1.47. The van der Waals surface area contributed by atoms with E-state index in [9.17, 15) is 29.4 Å². The largest absolute Gasteiger partial charge is 0.489 e. The van der Waals surface area contributed by atoms with E-state index in [1.165, 1.54) is 23.9 Å². The molecule has 0 aliphatic heterocycles. The van der Waals surface area contributed by atoms with Gasteiger partial charge in [-0.2, -0.15) is 0 Å². The van der Waals surface area contributed by atoms with Gasteiger partial charge in [0.05, 0.1) is 23.7 Å². The third-order valence-corrected chi connectivity index (χ3v) is 8.62. The number of hydrogen-bond acceptors (Lipinski definition) is 6. The Balaban J connectivity index is 1.19. The number of ether oxygens (including phenoxy) is 2. The highest BCUT2D eigenvalue weighted by atomic mass is 16.5. The van der Waals surface area contributed by atoms with Gasteiger partial charge in [-0.15, -0.1) is 0 Å². The van der Waals surface area contributed by atoms with Gasteiger partial charge in [0.1, 0.15) is 24.7 Å². The summed E-state index contributed by atoms with van der Waals surface area (Å²) in [4.78, 5) is 54.4. The standard InChI is InChI=1S/C38H38N2O8/c1-39(21-25-13-17-29(18-14-25)47-23-27-9-5-3-6-10-27)35(41)31-33(37(43)44)32(34(31)38(45)46)36(42)40(2)22-26-15-19-30(20-16-26)48-24-28-11-7-4-8-12-28/h3-20,31-34H,21-24H2,1-2H3,(H,43,44)(H,45,46)/t31-,32-,33-,34-. The van der Waals surface area contributed by atoms with Gasteiger partial charge in [0, 0.05) is 27.2 Å². The van der Waals surface area contributed by atoms with E-state index in [1.54, 1.807) is 48.5 Å². The Morgan fingerprint density at radius 1 is 0.500 bits per heavy atom. The molecule has 48 heavy (non-hydrogen) atoms. The molecule has 10 nitrogen and oxygen atoms in total. The van der Waals surface area contributed by atoms with E-state index in [0.717, 1.165) is 22.3 Å². The zero-order valence-electron chi connectivity index (χ0n) is 26.8. The van der Waals surface area contributed by atoms with Gasteiger partial charge in [0.2, 0.25) is 11.8 Å². The fourth-order valence-electron chi connectivity index (χ4n) is 6.05. The molecule has 2 N–H and O–H groups in total. The summed E-state index contributed by atoms with van der Waals surface area (Å²) in [6.45, 7) is 1.05. The van der Waals surface area contributed by atoms with Gasteiger partial charge in [-0.3, -0.25) is 19.2 Å². The van der Waals surface area contributed by atoms with Crippen LogP contribution in [0.3, 0.4) is 0 Å². The van der Waals surface area contributed by atoms with Crippen molar-refractivity contribution in [1.82, 2.24) is 9.80 Å². The molecule has 5 rings (SSSR count). The van der Waals surface area contributed by atoms with Gasteiger partial charge in [-0.25, -0.2) is 0 Å². The topological polar surface area (TPSA) is 134 Å². The molecule has 1 fully saturated rings. The Morgan fingerprint density at radius 2 is 0.833 bits per heavy atom. The van der Waals surface area contributed by atoms with E-state index < -0.39 is 47.4 Å². The number of carbonyl (C=O) groups excluding carboxylic acids is 2. The highest BCUT2D eigenvalue weighted by Crippen LogP contribution is 2.48. The molecule has 0 unspecified atom stereocenters. The quantitative estimate of drug-likeness (QED) is 0.192. The van der Waals surface area contributed by atoms with Crippen molar-refractivity contribution in [1.29, 1.82) is 0 Å². The minimum Gasteiger partial charge on any atom is -0.489 e. The molecule has 0 atom stereocenters. The fourth-order valence-corrected chi connectivity index (χ4v) is 6.05. The smallest absolute Gasteiger partial charge is 0.308 e. The Hall–Kier alpha value is -5.64. The van der Waals surface area contributed by atoms with Gasteiger partial charge in [-0.05, 0) is 46.5 Å². The van der Waals surface area contributed by atoms with E-state index >= 15 is 0 Å². The maximum atomic E-state index is 13.5. The number of carboxylic acid groups (broad SMARTS) is 2. The number of amides is 2. The minimum absolute atomic E-state index is 0.122. The molecule has 10 heteroatoms. The summed E-state index contributed by atoms with van der Waals surface area (Å²) in [5.41, 5.74) is 3.55. The van der Waals surface area contributed by atoms with Crippen LogP contribution < -0.4 is 9.47 Å². The van der Waals surface area contributed by atoms with E-state index in [0.29, 0.717) is 24.7 Å². The van der Waals surface area contributed by atoms with Crippen molar-refractivity contribution >= 4 is 23.8 Å². The Bertz CT molecular complexity index is 1570. The lowest BCUT2D eigenvalue weighted by Gasteiger charge is -2.47. The number of hydrogen-bond donors (Lipinski definition) is 2. The zero-order chi connectivity index (χ0) is 34.2. The second-order valence-corrected chi connectivity index (χ2v) is 12.0. The van der Waals surface area contributed by atoms with Crippen molar-refractivity contribution in [3.63, 3.8) is 0 Å². The van der Waals surface area contributed by atoms with Crippen LogP contribution in [0.15, 0.2) is 109 Å². The van der Waals surface area contributed by atoms with Crippen LogP contribution in [0.2, 0.25) is 0 Å². The summed E-state index contributed by atoms with van der Waals surface area (Å²) in [7, 11) is 2.99. The summed E-state index contributed by atoms with van der Waals surface area (Å²) in [6, 6.07) is 33.7. The zero-order valence-corrected chi connectivity index (χ0v) is 26.8. The predicted octanol–water partition coefficient (Wildman–Crippen LogP) is 5.11. The Labute approximate surface area is 279 Å². The molecule has 0 radical (unpaired) electrons. The number of benzene rings is 4. The molecule has 2 amide bonds. The summed E-state index contributed by atoms with van der Waals surface area (Å²) in [5.74, 6) is -8.48. The monoisotopic (exact) mass is 650 g/mol. The lowest BCUT2D eigenvalue weighted by Crippen LogP contribution is -2.63. The van der Waals surface area contributed by atoms with Gasteiger partial charge in [0.25, 0.3) is 0 Å². The van der Waals surface area contributed by atoms with Gasteiger partial charge >= 0.3 is 11.9 Å². The SMILES string of the molecule is CN(Cc1ccc(OCc2ccccc2)cc1)C(=O)[C@H]1[C@H](C(=O)O)[C@H](C(=O)N(C)Cc2ccc(OCc3ccccc3)cc2)[C@H]1C(=O)O. The average Bonchev–Trinajstić information content (AvgIpc) is 3.07. The third kappa shape index (κ3) is 8.01. The molecule has 1 aliphatic rings. The Kier molecular flexibility index (Phi) is 10.7. The number of rotatable bonds is 14. The second-order valence-electron chi connectivity index (χ2n) is 12.0. The first-order valence-electron chi connectivity index (χ1n) is 15.6. The first-order chi connectivity index (χ1) is 23.1. The van der Waals surface area contributed by atoms with Gasteiger partial charge < -0.3 is 29.5 Å². The summed E-state index contributed by atoms with van der Waals surface area (Å²) in [6.07, 6.45) is 0. The predicted molar refractivity (Wildman–Crippen MR) is 177 cm³/mol. The van der Waals surface area contributed by atoms with E-state index in [4.69, 9.17) is 9.47 Å². The van der Waals surface area contributed by atoms with Gasteiger partial charge in [0.15, 0.2) is 0 Å². The molecule has 0 heterocycles. The molecule has 1 saturated carbocycles. The Morgan fingerprint density at radius 3 is 1.15 bits per heavy atom. The number of carbonyl (C=O) groups is 4. The molecule has 0 saturated heterocycles. The molecular formula is C38H38N2O8. The highest BCUT2D eigenvalue weighted by Gasteiger charge is 2.64. The van der Waals surface area contributed by atoms with Crippen LogP contribution in [0.1, 0.15) is 22.3 Å².